The van der Waals surface area contributed by atoms with E-state index in [-0.39, 0.29) is 6.04 Å². The van der Waals surface area contributed by atoms with E-state index in [1.54, 1.807) is 0 Å². The van der Waals surface area contributed by atoms with Gasteiger partial charge in [-0.3, -0.25) is 0 Å². The van der Waals surface area contributed by atoms with Crippen molar-refractivity contribution < 1.29 is 0 Å². The molecule has 52 heavy (non-hydrogen) atoms. The standard InChI is InChI=1S/C48H34N2S2/c1-5-15-33(16-6-1)41-31-39(50(36-21-11-4-12-22-36)37-25-27-45-42(29-37)40-23-13-14-24-44(40)51-45)32-47-48(41)43-30-38(26-28-46(43)52-47)49(34-17-7-2-8-18-34)35-19-9-3-10-20-35/h1-29,31-32,38H,30H2. The largest absolute Gasteiger partial charge is 0.334 e. The van der Waals surface area contributed by atoms with E-state index in [1.165, 1.54) is 63.2 Å². The summed E-state index contributed by atoms with van der Waals surface area (Å²) in [7, 11) is 0. The second-order valence-electron chi connectivity index (χ2n) is 13.3. The molecule has 0 spiro atoms. The van der Waals surface area contributed by atoms with Crippen molar-refractivity contribution in [2.45, 2.75) is 12.5 Å². The Bertz CT molecular complexity index is 2670. The second-order valence-corrected chi connectivity index (χ2v) is 15.5. The monoisotopic (exact) mass is 702 g/mol. The molecule has 0 amide bonds. The van der Waals surface area contributed by atoms with Crippen LogP contribution in [0.4, 0.5) is 28.4 Å². The normalized spacial score (nSPS) is 13.8. The van der Waals surface area contributed by atoms with Crippen LogP contribution in [0.2, 0.25) is 0 Å². The zero-order valence-corrected chi connectivity index (χ0v) is 30.0. The summed E-state index contributed by atoms with van der Waals surface area (Å²) in [6, 6.07) is 64.1. The second kappa shape index (κ2) is 13.0. The number of nitrogens with zero attached hydrogens (tertiary/aromatic N) is 2. The van der Waals surface area contributed by atoms with Gasteiger partial charge in [0.15, 0.2) is 0 Å². The highest BCUT2D eigenvalue weighted by molar-refractivity contribution is 7.25. The molecule has 4 heteroatoms. The summed E-state index contributed by atoms with van der Waals surface area (Å²) in [6.07, 6.45) is 5.68. The van der Waals surface area contributed by atoms with Gasteiger partial charge in [-0.1, -0.05) is 109 Å². The fourth-order valence-corrected chi connectivity index (χ4v) is 10.1. The molecule has 2 aromatic heterocycles. The zero-order chi connectivity index (χ0) is 34.4. The van der Waals surface area contributed by atoms with Crippen molar-refractivity contribution in [2.24, 2.45) is 0 Å². The van der Waals surface area contributed by atoms with Crippen molar-refractivity contribution in [3.8, 4) is 11.1 Å². The fourth-order valence-electron chi connectivity index (χ4n) is 7.85. The summed E-state index contributed by atoms with van der Waals surface area (Å²) in [5.41, 5.74) is 9.78. The predicted molar refractivity (Wildman–Crippen MR) is 226 cm³/mol. The van der Waals surface area contributed by atoms with E-state index < -0.39 is 0 Å². The van der Waals surface area contributed by atoms with Gasteiger partial charge < -0.3 is 9.80 Å². The predicted octanol–water partition coefficient (Wildman–Crippen LogP) is 14.2. The Morgan fingerprint density at radius 2 is 1.08 bits per heavy atom. The summed E-state index contributed by atoms with van der Waals surface area (Å²) >= 11 is 3.77. The van der Waals surface area contributed by atoms with E-state index in [1.807, 2.05) is 22.7 Å². The quantitative estimate of drug-likeness (QED) is 0.163. The highest BCUT2D eigenvalue weighted by atomic mass is 32.1. The van der Waals surface area contributed by atoms with Gasteiger partial charge in [0.2, 0.25) is 0 Å². The minimum absolute atomic E-state index is 0.173. The highest BCUT2D eigenvalue weighted by Gasteiger charge is 2.28. The molecule has 2 nitrogen and oxygen atoms in total. The fraction of sp³-hybridized carbons (Fsp3) is 0.0417. The van der Waals surface area contributed by atoms with Crippen LogP contribution in [0.5, 0.6) is 0 Å². The molecule has 1 aliphatic rings. The summed E-state index contributed by atoms with van der Waals surface area (Å²) in [4.78, 5) is 6.27. The number of hydrogen-bond acceptors (Lipinski definition) is 4. The molecule has 0 radical (unpaired) electrons. The van der Waals surface area contributed by atoms with E-state index in [2.05, 4.69) is 198 Å². The Labute approximate surface area is 311 Å². The lowest BCUT2D eigenvalue weighted by atomic mass is 9.91. The Balaban J connectivity index is 1.16. The average Bonchev–Trinajstić information content (AvgIpc) is 3.77. The first-order valence-corrected chi connectivity index (χ1v) is 19.4. The smallest absolute Gasteiger partial charge is 0.0566 e. The van der Waals surface area contributed by atoms with Gasteiger partial charge in [0.05, 0.1) is 6.04 Å². The van der Waals surface area contributed by atoms with E-state index in [4.69, 9.17) is 0 Å². The number of rotatable bonds is 7. The summed E-state index contributed by atoms with van der Waals surface area (Å²) in [6.45, 7) is 0. The van der Waals surface area contributed by atoms with Crippen molar-refractivity contribution in [3.63, 3.8) is 0 Å². The number of benzene rings is 7. The molecule has 1 unspecified atom stereocenters. The lowest BCUT2D eigenvalue weighted by Crippen LogP contribution is -2.32. The van der Waals surface area contributed by atoms with Crippen molar-refractivity contribution in [2.75, 3.05) is 9.80 Å². The molecule has 0 bridgehead atoms. The van der Waals surface area contributed by atoms with Crippen molar-refractivity contribution in [3.05, 3.63) is 192 Å². The van der Waals surface area contributed by atoms with Crippen LogP contribution in [0.25, 0.3) is 47.5 Å². The van der Waals surface area contributed by atoms with Crippen LogP contribution in [0.1, 0.15) is 10.4 Å². The molecule has 10 rings (SSSR count). The van der Waals surface area contributed by atoms with Gasteiger partial charge in [0, 0.05) is 63.6 Å². The molecular formula is C48H34N2S2. The van der Waals surface area contributed by atoms with Gasteiger partial charge in [-0.05, 0) is 102 Å². The molecule has 1 atom stereocenters. The number of thiophene rings is 2. The van der Waals surface area contributed by atoms with Crippen LogP contribution in [-0.4, -0.2) is 6.04 Å². The lowest BCUT2D eigenvalue weighted by molar-refractivity contribution is 0.773. The molecule has 2 heterocycles. The number of anilines is 5. The zero-order valence-electron chi connectivity index (χ0n) is 28.4. The summed E-state index contributed by atoms with van der Waals surface area (Å²) < 4.78 is 3.94. The Morgan fingerprint density at radius 1 is 0.462 bits per heavy atom. The van der Waals surface area contributed by atoms with E-state index in [0.29, 0.717) is 0 Å². The maximum Gasteiger partial charge on any atom is 0.0566 e. The maximum absolute atomic E-state index is 2.49. The first kappa shape index (κ1) is 30.8. The van der Waals surface area contributed by atoms with E-state index in [0.717, 1.165) is 23.5 Å². The third-order valence-electron chi connectivity index (χ3n) is 10.2. The van der Waals surface area contributed by atoms with Crippen molar-refractivity contribution in [1.82, 2.24) is 0 Å². The van der Waals surface area contributed by atoms with Gasteiger partial charge in [0.1, 0.15) is 0 Å². The number of para-hydroxylation sites is 3. The molecule has 0 fully saturated rings. The highest BCUT2D eigenvalue weighted by Crippen LogP contribution is 2.48. The topological polar surface area (TPSA) is 6.48 Å². The summed E-state index contributed by atoms with van der Waals surface area (Å²) in [5.74, 6) is 0. The molecule has 248 valence electrons. The molecule has 7 aromatic carbocycles. The van der Waals surface area contributed by atoms with Crippen LogP contribution in [0, 0.1) is 0 Å². The van der Waals surface area contributed by atoms with Crippen LogP contribution in [0.15, 0.2) is 182 Å². The van der Waals surface area contributed by atoms with Crippen LogP contribution < -0.4 is 9.80 Å². The van der Waals surface area contributed by atoms with Crippen LogP contribution >= 0.6 is 22.7 Å². The minimum Gasteiger partial charge on any atom is -0.334 e. The number of hydrogen-bond donors (Lipinski definition) is 0. The Hall–Kier alpha value is -5.94. The minimum atomic E-state index is 0.173. The molecule has 9 aromatic rings. The third kappa shape index (κ3) is 5.39. The van der Waals surface area contributed by atoms with Gasteiger partial charge >= 0.3 is 0 Å². The van der Waals surface area contributed by atoms with E-state index in [9.17, 15) is 0 Å². The van der Waals surface area contributed by atoms with Gasteiger partial charge in [-0.15, -0.1) is 22.7 Å². The van der Waals surface area contributed by atoms with Gasteiger partial charge in [-0.2, -0.15) is 0 Å². The van der Waals surface area contributed by atoms with Crippen molar-refractivity contribution in [1.29, 1.82) is 0 Å². The van der Waals surface area contributed by atoms with Gasteiger partial charge in [-0.25, -0.2) is 0 Å². The van der Waals surface area contributed by atoms with Gasteiger partial charge in [0.25, 0.3) is 0 Å². The molecule has 1 aliphatic carbocycles. The summed E-state index contributed by atoms with van der Waals surface area (Å²) in [5, 5.41) is 3.97. The van der Waals surface area contributed by atoms with Crippen LogP contribution in [-0.2, 0) is 6.42 Å². The molecule has 0 saturated carbocycles. The lowest BCUT2D eigenvalue weighted by Gasteiger charge is -2.34. The Kier molecular flexibility index (Phi) is 7.71. The average molecular weight is 703 g/mol. The Morgan fingerprint density at radius 3 is 1.79 bits per heavy atom. The van der Waals surface area contributed by atoms with Crippen LogP contribution in [0.3, 0.4) is 0 Å². The number of fused-ring (bicyclic) bond motifs is 6. The molecule has 0 saturated heterocycles. The SMILES string of the molecule is C1=CC(N(c2ccccc2)c2ccccc2)Cc2c1sc1cc(N(c3ccccc3)c3ccc4sc5ccccc5c4c3)cc(-c3ccccc3)c21. The first-order chi connectivity index (χ1) is 25.8. The molecule has 0 N–H and O–H groups in total. The van der Waals surface area contributed by atoms with Crippen molar-refractivity contribution >= 4 is 87.4 Å². The molecule has 0 aliphatic heterocycles. The maximum atomic E-state index is 2.49. The first-order valence-electron chi connectivity index (χ1n) is 17.8. The third-order valence-corrected chi connectivity index (χ3v) is 12.5. The van der Waals surface area contributed by atoms with E-state index >= 15 is 0 Å². The molecular weight excluding hydrogens is 669 g/mol.